The molecule has 3 rings (SSSR count). The topological polar surface area (TPSA) is 47.1 Å². The van der Waals surface area contributed by atoms with Crippen LogP contribution in [0.25, 0.3) is 0 Å². The molecule has 1 aromatic heterocycles. The second-order valence-electron chi connectivity index (χ2n) is 4.53. The molecule has 1 aliphatic rings. The summed E-state index contributed by atoms with van der Waals surface area (Å²) < 4.78 is 16.9. The van der Waals surface area contributed by atoms with Crippen molar-refractivity contribution >= 4 is 21.6 Å². The van der Waals surface area contributed by atoms with Gasteiger partial charge in [-0.3, -0.25) is 0 Å². The lowest BCUT2D eigenvalue weighted by molar-refractivity contribution is 0.542. The molecule has 0 saturated heterocycles. The van der Waals surface area contributed by atoms with Gasteiger partial charge in [-0.15, -0.1) is 0 Å². The molecular formula is C13H14BrFN4. The van der Waals surface area contributed by atoms with Gasteiger partial charge < -0.3 is 15.2 Å². The Morgan fingerprint density at radius 1 is 1.37 bits per heavy atom. The van der Waals surface area contributed by atoms with E-state index in [0.29, 0.717) is 23.2 Å². The van der Waals surface area contributed by atoms with Crippen LogP contribution < -0.4 is 10.6 Å². The molecule has 1 aromatic carbocycles. The highest BCUT2D eigenvalue weighted by atomic mass is 79.9. The maximum Gasteiger partial charge on any atom is 0.160 e. The monoisotopic (exact) mass is 324 g/mol. The predicted molar refractivity (Wildman–Crippen MR) is 75.3 cm³/mol. The third-order valence-electron chi connectivity index (χ3n) is 3.45. The van der Waals surface area contributed by atoms with Crippen molar-refractivity contribution in [2.75, 3.05) is 11.4 Å². The van der Waals surface area contributed by atoms with Crippen LogP contribution in [0.4, 0.5) is 10.1 Å². The van der Waals surface area contributed by atoms with Crippen LogP contribution >= 0.6 is 15.9 Å². The molecule has 2 heterocycles. The number of rotatable bonds is 2. The maximum atomic E-state index is 14.4. The molecule has 6 heteroatoms. The molecule has 0 atom stereocenters. The fourth-order valence-corrected chi connectivity index (χ4v) is 2.86. The number of aromatic nitrogens is 2. The van der Waals surface area contributed by atoms with Crippen molar-refractivity contribution in [3.05, 3.63) is 46.2 Å². The van der Waals surface area contributed by atoms with Gasteiger partial charge in [0, 0.05) is 32.0 Å². The minimum atomic E-state index is -0.247. The highest BCUT2D eigenvalue weighted by molar-refractivity contribution is 9.10. The van der Waals surface area contributed by atoms with Crippen molar-refractivity contribution < 1.29 is 4.39 Å². The highest BCUT2D eigenvalue weighted by Crippen LogP contribution is 2.31. The second-order valence-corrected chi connectivity index (χ2v) is 5.33. The van der Waals surface area contributed by atoms with Crippen molar-refractivity contribution in [1.29, 1.82) is 0 Å². The molecule has 0 radical (unpaired) electrons. The van der Waals surface area contributed by atoms with Crippen molar-refractivity contribution in [2.24, 2.45) is 5.73 Å². The van der Waals surface area contributed by atoms with E-state index in [-0.39, 0.29) is 5.82 Å². The first-order valence-electron chi connectivity index (χ1n) is 6.12. The van der Waals surface area contributed by atoms with Crippen LogP contribution in [0.15, 0.2) is 29.0 Å². The largest absolute Gasteiger partial charge is 0.360 e. The fourth-order valence-electron chi connectivity index (χ4n) is 2.36. The number of nitrogens with two attached hydrogens (primary N) is 1. The molecule has 2 N–H and O–H groups in total. The fraction of sp³-hybridized carbons (Fsp3) is 0.308. The average Bonchev–Trinajstić information content (AvgIpc) is 2.89. The Balaban J connectivity index is 1.94. The third-order valence-corrected chi connectivity index (χ3v) is 4.30. The summed E-state index contributed by atoms with van der Waals surface area (Å²) in [6.45, 7) is 2.54. The second kappa shape index (κ2) is 4.94. The maximum absolute atomic E-state index is 14.4. The van der Waals surface area contributed by atoms with Gasteiger partial charge in [0.05, 0.1) is 16.7 Å². The zero-order valence-corrected chi connectivity index (χ0v) is 11.9. The molecule has 4 nitrogen and oxygen atoms in total. The van der Waals surface area contributed by atoms with Crippen LogP contribution in [0.5, 0.6) is 0 Å². The van der Waals surface area contributed by atoms with Crippen molar-refractivity contribution in [3.8, 4) is 0 Å². The van der Waals surface area contributed by atoms with Crippen molar-refractivity contribution in [3.63, 3.8) is 0 Å². The number of hydrogen-bond acceptors (Lipinski definition) is 3. The standard InChI is InChI=1S/C13H14BrFN4/c14-12-9(7-16)1-2-10(13(12)15)19-6-5-18-4-3-17-11(18)8-19/h1-4H,5-8,16H2. The van der Waals surface area contributed by atoms with Gasteiger partial charge in [-0.1, -0.05) is 6.07 Å². The summed E-state index contributed by atoms with van der Waals surface area (Å²) >= 11 is 3.28. The van der Waals surface area contributed by atoms with Gasteiger partial charge in [-0.05, 0) is 27.6 Å². The van der Waals surface area contributed by atoms with Gasteiger partial charge in [0.2, 0.25) is 0 Å². The Bertz CT molecular complexity index is 611. The first-order valence-corrected chi connectivity index (χ1v) is 6.92. The quantitative estimate of drug-likeness (QED) is 0.921. The lowest BCUT2D eigenvalue weighted by atomic mass is 10.1. The third kappa shape index (κ3) is 2.15. The Kier molecular flexibility index (Phi) is 3.28. The van der Waals surface area contributed by atoms with E-state index < -0.39 is 0 Å². The van der Waals surface area contributed by atoms with Gasteiger partial charge in [0.25, 0.3) is 0 Å². The lowest BCUT2D eigenvalue weighted by Crippen LogP contribution is -2.34. The summed E-state index contributed by atoms with van der Waals surface area (Å²) in [5.74, 6) is 0.715. The van der Waals surface area contributed by atoms with E-state index in [1.807, 2.05) is 17.2 Å². The molecule has 1 aliphatic heterocycles. The SMILES string of the molecule is NCc1ccc(N2CCn3ccnc3C2)c(F)c1Br. The van der Waals surface area contributed by atoms with Crippen molar-refractivity contribution in [2.45, 2.75) is 19.6 Å². The summed E-state index contributed by atoms with van der Waals surface area (Å²) in [5.41, 5.74) is 6.95. The number of fused-ring (bicyclic) bond motifs is 1. The van der Waals surface area contributed by atoms with Crippen LogP contribution in [0.1, 0.15) is 11.4 Å². The van der Waals surface area contributed by atoms with E-state index in [4.69, 9.17) is 5.73 Å². The van der Waals surface area contributed by atoms with E-state index in [0.717, 1.165) is 24.5 Å². The molecule has 19 heavy (non-hydrogen) atoms. The predicted octanol–water partition coefficient (Wildman–Crippen LogP) is 2.26. The average molecular weight is 325 g/mol. The van der Waals surface area contributed by atoms with Crippen LogP contribution in [0.2, 0.25) is 0 Å². The molecule has 0 saturated carbocycles. The molecule has 0 spiro atoms. The van der Waals surface area contributed by atoms with Gasteiger partial charge in [0.1, 0.15) is 5.82 Å². The highest BCUT2D eigenvalue weighted by Gasteiger charge is 2.21. The number of anilines is 1. The number of imidazole rings is 1. The summed E-state index contributed by atoms with van der Waals surface area (Å²) in [5, 5.41) is 0. The summed E-state index contributed by atoms with van der Waals surface area (Å²) in [4.78, 5) is 6.29. The van der Waals surface area contributed by atoms with Crippen LogP contribution in [-0.2, 0) is 19.6 Å². The first-order chi connectivity index (χ1) is 9.20. The molecule has 0 fully saturated rings. The van der Waals surface area contributed by atoms with Gasteiger partial charge in [-0.2, -0.15) is 0 Å². The zero-order valence-electron chi connectivity index (χ0n) is 10.3. The van der Waals surface area contributed by atoms with E-state index in [2.05, 4.69) is 25.5 Å². The Morgan fingerprint density at radius 3 is 3.00 bits per heavy atom. The molecule has 0 amide bonds. The van der Waals surface area contributed by atoms with Crippen molar-refractivity contribution in [1.82, 2.24) is 9.55 Å². The molecule has 100 valence electrons. The zero-order chi connectivity index (χ0) is 13.4. The Labute approximate surface area is 119 Å². The van der Waals surface area contributed by atoms with Crippen LogP contribution in [-0.4, -0.2) is 16.1 Å². The number of halogens is 2. The first kappa shape index (κ1) is 12.6. The molecule has 2 aromatic rings. The van der Waals surface area contributed by atoms with Gasteiger partial charge in [0.15, 0.2) is 5.82 Å². The Morgan fingerprint density at radius 2 is 2.21 bits per heavy atom. The summed E-state index contributed by atoms with van der Waals surface area (Å²) in [6.07, 6.45) is 3.74. The van der Waals surface area contributed by atoms with E-state index in [9.17, 15) is 4.39 Å². The number of benzene rings is 1. The van der Waals surface area contributed by atoms with E-state index >= 15 is 0 Å². The molecule has 0 aliphatic carbocycles. The minimum absolute atomic E-state index is 0.247. The van der Waals surface area contributed by atoms with Crippen LogP contribution in [0.3, 0.4) is 0 Å². The smallest absolute Gasteiger partial charge is 0.160 e. The van der Waals surface area contributed by atoms with Gasteiger partial charge in [-0.25, -0.2) is 9.37 Å². The number of hydrogen-bond donors (Lipinski definition) is 1. The van der Waals surface area contributed by atoms with Crippen LogP contribution in [0, 0.1) is 5.82 Å². The lowest BCUT2D eigenvalue weighted by Gasteiger charge is -2.30. The molecule has 0 bridgehead atoms. The summed E-state index contributed by atoms with van der Waals surface area (Å²) in [7, 11) is 0. The van der Waals surface area contributed by atoms with E-state index in [1.54, 1.807) is 12.3 Å². The minimum Gasteiger partial charge on any atom is -0.360 e. The normalized spacial score (nSPS) is 14.6. The van der Waals surface area contributed by atoms with Gasteiger partial charge >= 0.3 is 0 Å². The molecule has 0 unspecified atom stereocenters. The van der Waals surface area contributed by atoms with E-state index in [1.165, 1.54) is 0 Å². The summed E-state index contributed by atoms with van der Waals surface area (Å²) in [6, 6.07) is 3.66. The molecular weight excluding hydrogens is 311 g/mol. The Hall–Kier alpha value is -1.40. The number of nitrogens with zero attached hydrogens (tertiary/aromatic N) is 3.